The molecule has 2 aliphatic rings. The number of hydrogen-bond donors (Lipinski definition) is 0. The number of halogens is 2. The van der Waals surface area contributed by atoms with Crippen LogP contribution in [-0.2, 0) is 17.6 Å². The second-order valence-corrected chi connectivity index (χ2v) is 8.67. The van der Waals surface area contributed by atoms with Gasteiger partial charge < -0.3 is 14.5 Å². The summed E-state index contributed by atoms with van der Waals surface area (Å²) in [5.41, 5.74) is 3.42. The summed E-state index contributed by atoms with van der Waals surface area (Å²) in [6, 6.07) is 11.7. The van der Waals surface area contributed by atoms with Gasteiger partial charge in [0.15, 0.2) is 0 Å². The number of amides is 1. The highest BCUT2D eigenvalue weighted by atomic mass is 35.5. The number of rotatable bonds is 5. The summed E-state index contributed by atoms with van der Waals surface area (Å²) in [6.45, 7) is 3.81. The number of hydrogen-bond acceptors (Lipinski definition) is 3. The first-order chi connectivity index (χ1) is 14.0. The third kappa shape index (κ3) is 4.55. The van der Waals surface area contributed by atoms with E-state index in [4.69, 9.17) is 27.9 Å². The third-order valence-corrected chi connectivity index (χ3v) is 6.74. The maximum absolute atomic E-state index is 13.3. The van der Waals surface area contributed by atoms with Gasteiger partial charge in [-0.3, -0.25) is 4.79 Å². The van der Waals surface area contributed by atoms with E-state index < -0.39 is 0 Å². The highest BCUT2D eigenvalue weighted by Crippen LogP contribution is 2.34. The zero-order valence-electron chi connectivity index (χ0n) is 16.7. The summed E-state index contributed by atoms with van der Waals surface area (Å²) in [4.78, 5) is 17.8. The molecule has 6 heteroatoms. The molecule has 2 aliphatic heterocycles. The Bertz CT molecular complexity index is 896. The molecule has 2 aromatic rings. The molecule has 4 nitrogen and oxygen atoms in total. The first kappa shape index (κ1) is 20.5. The summed E-state index contributed by atoms with van der Waals surface area (Å²) in [7, 11) is 1.69. The average molecular weight is 433 g/mol. The fraction of sp³-hybridized carbons (Fsp3) is 0.435. The van der Waals surface area contributed by atoms with Gasteiger partial charge in [-0.05, 0) is 73.3 Å². The van der Waals surface area contributed by atoms with Crippen molar-refractivity contribution in [2.45, 2.75) is 31.7 Å². The fourth-order valence-corrected chi connectivity index (χ4v) is 4.75. The SMILES string of the molecule is COc1ccc2c(c1)C(CN1CCCC1)N(C(=O)Cc1ccc(Cl)c(Cl)c1)CC2. The van der Waals surface area contributed by atoms with Gasteiger partial charge in [0.25, 0.3) is 0 Å². The average Bonchev–Trinajstić information content (AvgIpc) is 3.23. The van der Waals surface area contributed by atoms with E-state index in [1.165, 1.54) is 24.0 Å². The Morgan fingerprint density at radius 3 is 2.59 bits per heavy atom. The van der Waals surface area contributed by atoms with Gasteiger partial charge in [-0.15, -0.1) is 0 Å². The van der Waals surface area contributed by atoms with Gasteiger partial charge in [-0.1, -0.05) is 35.3 Å². The molecule has 1 amide bonds. The van der Waals surface area contributed by atoms with E-state index >= 15 is 0 Å². The molecule has 1 fully saturated rings. The molecule has 0 radical (unpaired) electrons. The fourth-order valence-electron chi connectivity index (χ4n) is 4.43. The van der Waals surface area contributed by atoms with E-state index in [2.05, 4.69) is 17.0 Å². The molecule has 2 aromatic carbocycles. The predicted molar refractivity (Wildman–Crippen MR) is 117 cm³/mol. The Hall–Kier alpha value is -1.75. The van der Waals surface area contributed by atoms with Crippen molar-refractivity contribution in [2.24, 2.45) is 0 Å². The lowest BCUT2D eigenvalue weighted by Gasteiger charge is -2.39. The van der Waals surface area contributed by atoms with Gasteiger partial charge in [-0.2, -0.15) is 0 Å². The van der Waals surface area contributed by atoms with E-state index in [-0.39, 0.29) is 11.9 Å². The van der Waals surface area contributed by atoms with Gasteiger partial charge >= 0.3 is 0 Å². The number of ether oxygens (including phenoxy) is 1. The summed E-state index contributed by atoms with van der Waals surface area (Å²) in [6.07, 6.45) is 3.65. The Balaban J connectivity index is 1.60. The second kappa shape index (κ2) is 8.95. The number of fused-ring (bicyclic) bond motifs is 1. The number of nitrogens with zero attached hydrogens (tertiary/aromatic N) is 2. The van der Waals surface area contributed by atoms with Gasteiger partial charge in [0.2, 0.25) is 5.91 Å². The molecule has 154 valence electrons. The van der Waals surface area contributed by atoms with Gasteiger partial charge in [0, 0.05) is 13.1 Å². The molecule has 0 aromatic heterocycles. The Morgan fingerprint density at radius 1 is 1.07 bits per heavy atom. The van der Waals surface area contributed by atoms with Crippen LogP contribution in [0.3, 0.4) is 0 Å². The minimum absolute atomic E-state index is 0.0437. The van der Waals surface area contributed by atoms with Gasteiger partial charge in [0.05, 0.1) is 29.6 Å². The van der Waals surface area contributed by atoms with Crippen LogP contribution in [0, 0.1) is 0 Å². The van der Waals surface area contributed by atoms with Crippen molar-refractivity contribution in [1.29, 1.82) is 0 Å². The van der Waals surface area contributed by atoms with E-state index in [0.717, 1.165) is 43.9 Å². The molecule has 0 aliphatic carbocycles. The number of benzene rings is 2. The lowest BCUT2D eigenvalue weighted by molar-refractivity contribution is -0.133. The van der Waals surface area contributed by atoms with E-state index in [0.29, 0.717) is 16.5 Å². The first-order valence-corrected chi connectivity index (χ1v) is 10.9. The van der Waals surface area contributed by atoms with Crippen molar-refractivity contribution in [3.8, 4) is 5.75 Å². The summed E-state index contributed by atoms with van der Waals surface area (Å²) in [5, 5.41) is 0.994. The van der Waals surface area contributed by atoms with Crippen molar-refractivity contribution in [3.63, 3.8) is 0 Å². The highest BCUT2D eigenvalue weighted by Gasteiger charge is 2.33. The Morgan fingerprint density at radius 2 is 1.86 bits per heavy atom. The van der Waals surface area contributed by atoms with Crippen molar-refractivity contribution in [3.05, 3.63) is 63.1 Å². The number of carbonyl (C=O) groups is 1. The van der Waals surface area contributed by atoms with Crippen LogP contribution in [0.5, 0.6) is 5.75 Å². The standard InChI is InChI=1S/C23H26Cl2N2O2/c1-29-18-6-5-17-8-11-27(22(19(17)14-18)15-26-9-2-3-10-26)23(28)13-16-4-7-20(24)21(25)12-16/h4-7,12,14,22H,2-3,8-11,13,15H2,1H3. The molecule has 1 atom stereocenters. The summed E-state index contributed by atoms with van der Waals surface area (Å²) >= 11 is 12.2. The van der Waals surface area contributed by atoms with Crippen LogP contribution in [0.4, 0.5) is 0 Å². The monoisotopic (exact) mass is 432 g/mol. The van der Waals surface area contributed by atoms with Crippen LogP contribution >= 0.6 is 23.2 Å². The van der Waals surface area contributed by atoms with Gasteiger partial charge in [-0.25, -0.2) is 0 Å². The van der Waals surface area contributed by atoms with Crippen molar-refractivity contribution < 1.29 is 9.53 Å². The molecule has 4 rings (SSSR count). The molecule has 0 saturated carbocycles. The van der Waals surface area contributed by atoms with Crippen molar-refractivity contribution in [2.75, 3.05) is 33.3 Å². The maximum Gasteiger partial charge on any atom is 0.227 e. The van der Waals surface area contributed by atoms with Crippen LogP contribution in [0.1, 0.15) is 35.6 Å². The van der Waals surface area contributed by atoms with Crippen molar-refractivity contribution in [1.82, 2.24) is 9.80 Å². The summed E-state index contributed by atoms with van der Waals surface area (Å²) in [5.74, 6) is 0.968. The Labute approximate surface area is 182 Å². The van der Waals surface area contributed by atoms with Crippen molar-refractivity contribution >= 4 is 29.1 Å². The zero-order chi connectivity index (χ0) is 20.4. The summed E-state index contributed by atoms with van der Waals surface area (Å²) < 4.78 is 5.47. The quantitative estimate of drug-likeness (QED) is 0.681. The smallest absolute Gasteiger partial charge is 0.227 e. The van der Waals surface area contributed by atoms with E-state index in [1.807, 2.05) is 17.0 Å². The molecule has 1 saturated heterocycles. The molecule has 2 heterocycles. The maximum atomic E-state index is 13.3. The zero-order valence-corrected chi connectivity index (χ0v) is 18.2. The second-order valence-electron chi connectivity index (χ2n) is 7.85. The first-order valence-electron chi connectivity index (χ1n) is 10.2. The molecule has 0 N–H and O–H groups in total. The van der Waals surface area contributed by atoms with E-state index in [1.54, 1.807) is 19.2 Å². The topological polar surface area (TPSA) is 32.8 Å². The molecular formula is C23H26Cl2N2O2. The van der Waals surface area contributed by atoms with E-state index in [9.17, 15) is 4.79 Å². The normalized spacial score (nSPS) is 19.3. The minimum atomic E-state index is 0.0437. The lowest BCUT2D eigenvalue weighted by atomic mass is 9.91. The van der Waals surface area contributed by atoms with Crippen LogP contribution < -0.4 is 4.74 Å². The Kier molecular flexibility index (Phi) is 6.33. The number of likely N-dealkylation sites (tertiary alicyclic amines) is 1. The van der Waals surface area contributed by atoms with Gasteiger partial charge in [0.1, 0.15) is 5.75 Å². The number of methoxy groups -OCH3 is 1. The highest BCUT2D eigenvalue weighted by molar-refractivity contribution is 6.42. The largest absolute Gasteiger partial charge is 0.497 e. The molecule has 0 bridgehead atoms. The van der Waals surface area contributed by atoms with Crippen LogP contribution in [0.2, 0.25) is 10.0 Å². The third-order valence-electron chi connectivity index (χ3n) is 6.00. The number of carbonyl (C=O) groups excluding carboxylic acids is 1. The van der Waals surface area contributed by atoms with Crippen LogP contribution in [-0.4, -0.2) is 49.0 Å². The lowest BCUT2D eigenvalue weighted by Crippen LogP contribution is -2.45. The molecular weight excluding hydrogens is 407 g/mol. The van der Waals surface area contributed by atoms with Crippen LogP contribution in [0.15, 0.2) is 36.4 Å². The molecule has 0 spiro atoms. The minimum Gasteiger partial charge on any atom is -0.497 e. The molecule has 1 unspecified atom stereocenters. The van der Waals surface area contributed by atoms with Crippen LogP contribution in [0.25, 0.3) is 0 Å². The predicted octanol–water partition coefficient (Wildman–Crippen LogP) is 4.77. The molecule has 29 heavy (non-hydrogen) atoms.